The lowest BCUT2D eigenvalue weighted by Crippen LogP contribution is -2.29. The molecule has 0 aliphatic heterocycles. The van der Waals surface area contributed by atoms with Gasteiger partial charge in [0.25, 0.3) is 15.9 Å². The van der Waals surface area contributed by atoms with Gasteiger partial charge < -0.3 is 5.32 Å². The lowest BCUT2D eigenvalue weighted by atomic mass is 10.1. The summed E-state index contributed by atoms with van der Waals surface area (Å²) in [5, 5.41) is 3.07. The van der Waals surface area contributed by atoms with Gasteiger partial charge in [-0.15, -0.1) is 0 Å². The second kappa shape index (κ2) is 11.7. The van der Waals surface area contributed by atoms with Gasteiger partial charge in [-0.2, -0.15) is 0 Å². The number of nitrogens with one attached hydrogen (secondary N) is 2. The van der Waals surface area contributed by atoms with Crippen LogP contribution in [0.15, 0.2) is 95.9 Å². The van der Waals surface area contributed by atoms with Crippen LogP contribution < -0.4 is 14.3 Å². The molecule has 0 unspecified atom stereocenters. The summed E-state index contributed by atoms with van der Waals surface area (Å²) in [6.45, 7) is 1.54. The predicted molar refractivity (Wildman–Crippen MR) is 155 cm³/mol. The Morgan fingerprint density at radius 2 is 1.55 bits per heavy atom. The maximum absolute atomic E-state index is 14.1. The van der Waals surface area contributed by atoms with Crippen LogP contribution in [0.4, 0.5) is 21.5 Å². The van der Waals surface area contributed by atoms with Gasteiger partial charge in [-0.3, -0.25) is 13.8 Å². The number of carbonyl (C=O) groups is 1. The molecule has 0 bridgehead atoms. The van der Waals surface area contributed by atoms with Crippen molar-refractivity contribution in [1.29, 1.82) is 0 Å². The average molecular weight is 602 g/mol. The monoisotopic (exact) mass is 601 g/mol. The van der Waals surface area contributed by atoms with Crippen molar-refractivity contribution in [2.75, 3.05) is 20.6 Å². The van der Waals surface area contributed by atoms with E-state index in [2.05, 4.69) is 10.0 Å². The van der Waals surface area contributed by atoms with Crippen molar-refractivity contribution < 1.29 is 26.0 Å². The van der Waals surface area contributed by atoms with Gasteiger partial charge in [0.1, 0.15) is 5.82 Å². The quantitative estimate of drug-likeness (QED) is 0.251. The fourth-order valence-corrected chi connectivity index (χ4v) is 5.96. The van der Waals surface area contributed by atoms with E-state index < -0.39 is 31.8 Å². The summed E-state index contributed by atoms with van der Waals surface area (Å²) in [7, 11) is -7.65. The van der Waals surface area contributed by atoms with Crippen molar-refractivity contribution in [2.45, 2.75) is 18.4 Å². The van der Waals surface area contributed by atoms with E-state index in [4.69, 9.17) is 11.6 Å². The molecular formula is C28H25ClFN3O5S2. The maximum Gasteiger partial charge on any atom is 0.261 e. The molecule has 8 nitrogen and oxygen atoms in total. The summed E-state index contributed by atoms with van der Waals surface area (Å²) >= 11 is 5.98. The van der Waals surface area contributed by atoms with E-state index >= 15 is 0 Å². The zero-order valence-corrected chi connectivity index (χ0v) is 23.8. The largest absolute Gasteiger partial charge is 0.322 e. The van der Waals surface area contributed by atoms with Crippen LogP contribution in [-0.4, -0.2) is 29.0 Å². The van der Waals surface area contributed by atoms with Crippen molar-refractivity contribution in [1.82, 2.24) is 0 Å². The van der Waals surface area contributed by atoms with Crippen molar-refractivity contribution >= 4 is 54.6 Å². The number of sulfonamides is 2. The van der Waals surface area contributed by atoms with E-state index in [0.717, 1.165) is 10.6 Å². The molecule has 0 saturated carbocycles. The van der Waals surface area contributed by atoms with Crippen LogP contribution in [-0.2, 0) is 26.6 Å². The Labute approximate surface area is 237 Å². The summed E-state index contributed by atoms with van der Waals surface area (Å²) in [4.78, 5) is 12.8. The number of amides is 1. The number of halogens is 2. The first-order valence-corrected chi connectivity index (χ1v) is 15.6. The lowest BCUT2D eigenvalue weighted by molar-refractivity contribution is 0.102. The van der Waals surface area contributed by atoms with E-state index in [0.29, 0.717) is 22.0 Å². The number of rotatable bonds is 9. The zero-order chi connectivity index (χ0) is 29.1. The molecule has 0 radical (unpaired) electrons. The third kappa shape index (κ3) is 6.98. The molecule has 1 amide bonds. The van der Waals surface area contributed by atoms with Crippen molar-refractivity contribution in [3.63, 3.8) is 0 Å². The van der Waals surface area contributed by atoms with Gasteiger partial charge in [-0.25, -0.2) is 21.2 Å². The van der Waals surface area contributed by atoms with Gasteiger partial charge in [-0.05, 0) is 79.2 Å². The molecule has 0 fully saturated rings. The number of carbonyl (C=O) groups excluding carboxylic acids is 1. The summed E-state index contributed by atoms with van der Waals surface area (Å²) < 4.78 is 68.1. The average Bonchev–Trinajstić information content (AvgIpc) is 2.90. The highest BCUT2D eigenvalue weighted by atomic mass is 35.5. The highest BCUT2D eigenvalue weighted by Gasteiger charge is 2.20. The molecule has 4 aromatic rings. The lowest BCUT2D eigenvalue weighted by Gasteiger charge is -2.23. The molecule has 0 aromatic heterocycles. The molecule has 0 heterocycles. The van der Waals surface area contributed by atoms with E-state index in [1.54, 1.807) is 25.1 Å². The van der Waals surface area contributed by atoms with Crippen LogP contribution in [0, 0.1) is 12.7 Å². The van der Waals surface area contributed by atoms with Crippen LogP contribution in [0.3, 0.4) is 0 Å². The van der Waals surface area contributed by atoms with Gasteiger partial charge in [0.2, 0.25) is 10.0 Å². The molecule has 208 valence electrons. The van der Waals surface area contributed by atoms with Crippen LogP contribution >= 0.6 is 11.6 Å². The molecule has 0 atom stereocenters. The third-order valence-corrected chi connectivity index (χ3v) is 8.71. The minimum Gasteiger partial charge on any atom is -0.322 e. The Bertz CT molecular complexity index is 1760. The molecule has 0 aliphatic rings. The third-order valence-electron chi connectivity index (χ3n) is 5.96. The topological polar surface area (TPSA) is 113 Å². The summed E-state index contributed by atoms with van der Waals surface area (Å²) in [5.74, 6) is -1.02. The predicted octanol–water partition coefficient (Wildman–Crippen LogP) is 5.81. The summed E-state index contributed by atoms with van der Waals surface area (Å²) in [6.07, 6.45) is 1.02. The van der Waals surface area contributed by atoms with Gasteiger partial charge >= 0.3 is 0 Å². The smallest absolute Gasteiger partial charge is 0.261 e. The number of anilines is 3. The molecule has 0 aliphatic carbocycles. The number of benzene rings is 4. The minimum absolute atomic E-state index is 0.00931. The minimum atomic E-state index is -3.90. The highest BCUT2D eigenvalue weighted by Crippen LogP contribution is 2.25. The van der Waals surface area contributed by atoms with Crippen LogP contribution in [0.5, 0.6) is 0 Å². The van der Waals surface area contributed by atoms with E-state index in [-0.39, 0.29) is 28.3 Å². The summed E-state index contributed by atoms with van der Waals surface area (Å²) in [5.41, 5.74) is 2.12. The standard InChI is InChI=1S/C28H25ClFN3O5S2/c1-19-7-10-22(29)17-27(19)32-40(37,38)25-15-11-23(12-16-25)31-28(34)20-8-13-24(14-9-20)33(39(2,35)36)18-21-5-3-4-6-26(21)30/h3-17,32H,18H2,1-2H3,(H,31,34). The van der Waals surface area contributed by atoms with Gasteiger partial charge in [0.15, 0.2) is 0 Å². The Hall–Kier alpha value is -3.93. The summed E-state index contributed by atoms with van der Waals surface area (Å²) in [6, 6.07) is 22.2. The first-order chi connectivity index (χ1) is 18.8. The van der Waals surface area contributed by atoms with Gasteiger partial charge in [0.05, 0.1) is 29.1 Å². The molecule has 4 aromatic carbocycles. The second-order valence-corrected chi connectivity index (χ2v) is 13.0. The number of hydrogen-bond donors (Lipinski definition) is 2. The van der Waals surface area contributed by atoms with Gasteiger partial charge in [-0.1, -0.05) is 35.9 Å². The molecule has 12 heteroatoms. The Kier molecular flexibility index (Phi) is 8.48. The van der Waals surface area contributed by atoms with Crippen molar-refractivity contribution in [2.24, 2.45) is 0 Å². The van der Waals surface area contributed by atoms with E-state index in [1.165, 1.54) is 72.8 Å². The molecule has 0 saturated heterocycles. The number of aryl methyl sites for hydroxylation is 1. The van der Waals surface area contributed by atoms with Crippen LogP contribution in [0.1, 0.15) is 21.5 Å². The number of nitrogens with zero attached hydrogens (tertiary/aromatic N) is 1. The maximum atomic E-state index is 14.1. The zero-order valence-electron chi connectivity index (χ0n) is 21.4. The molecule has 0 spiro atoms. The Balaban J connectivity index is 1.46. The highest BCUT2D eigenvalue weighted by molar-refractivity contribution is 7.92. The normalized spacial score (nSPS) is 11.6. The first-order valence-electron chi connectivity index (χ1n) is 11.8. The first kappa shape index (κ1) is 29.1. The fraction of sp³-hybridized carbons (Fsp3) is 0.107. The van der Waals surface area contributed by atoms with Crippen molar-refractivity contribution in [3.05, 3.63) is 119 Å². The molecular weight excluding hydrogens is 577 g/mol. The van der Waals surface area contributed by atoms with Gasteiger partial charge in [0, 0.05) is 21.8 Å². The molecule has 2 N–H and O–H groups in total. The Morgan fingerprint density at radius 1 is 0.900 bits per heavy atom. The molecule has 40 heavy (non-hydrogen) atoms. The van der Waals surface area contributed by atoms with E-state index in [9.17, 15) is 26.0 Å². The SMILES string of the molecule is Cc1ccc(Cl)cc1NS(=O)(=O)c1ccc(NC(=O)c2ccc(N(Cc3ccccc3F)S(C)(=O)=O)cc2)cc1. The second-order valence-electron chi connectivity index (χ2n) is 8.95. The van der Waals surface area contributed by atoms with Crippen LogP contribution in [0.25, 0.3) is 0 Å². The fourth-order valence-electron chi connectivity index (χ4n) is 3.79. The van der Waals surface area contributed by atoms with Crippen LogP contribution in [0.2, 0.25) is 5.02 Å². The van der Waals surface area contributed by atoms with Crippen molar-refractivity contribution in [3.8, 4) is 0 Å². The molecule has 4 rings (SSSR count). The Morgan fingerprint density at radius 3 is 2.17 bits per heavy atom. The van der Waals surface area contributed by atoms with E-state index in [1.807, 2.05) is 0 Å². The number of hydrogen-bond acceptors (Lipinski definition) is 5.